The van der Waals surface area contributed by atoms with Crippen molar-refractivity contribution in [2.75, 3.05) is 17.1 Å². The standard InChI is InChI=1S/C22H30N2O3S/c1-7-20(19-12-11-15(2)13-18(19)5)23-21(25)14-24(28(6,26)27)22-16(3)9-8-10-17(22)4/h8-13,20H,7,14H2,1-6H3,(H,23,25)/t20-/m0/s1. The minimum absolute atomic E-state index is 0.160. The number of nitrogens with zero attached hydrogens (tertiary/aromatic N) is 1. The normalized spacial score (nSPS) is 12.5. The van der Waals surface area contributed by atoms with Crippen LogP contribution in [0.3, 0.4) is 0 Å². The first-order valence-corrected chi connectivity index (χ1v) is 11.3. The van der Waals surface area contributed by atoms with Crippen LogP contribution in [0.15, 0.2) is 36.4 Å². The maximum atomic E-state index is 12.8. The number of carbonyl (C=O) groups excluding carboxylic acids is 1. The van der Waals surface area contributed by atoms with Crippen LogP contribution in [0.25, 0.3) is 0 Å². The average Bonchev–Trinajstić information content (AvgIpc) is 2.58. The number of amides is 1. The van der Waals surface area contributed by atoms with Gasteiger partial charge in [-0.15, -0.1) is 0 Å². The van der Waals surface area contributed by atoms with Crippen LogP contribution in [0, 0.1) is 27.7 Å². The summed E-state index contributed by atoms with van der Waals surface area (Å²) in [6.45, 7) is 9.52. The molecule has 2 rings (SSSR count). The van der Waals surface area contributed by atoms with Crippen molar-refractivity contribution < 1.29 is 13.2 Å². The molecule has 0 unspecified atom stereocenters. The van der Waals surface area contributed by atoms with Gasteiger partial charge in [0.15, 0.2) is 0 Å². The molecule has 0 aromatic heterocycles. The first kappa shape index (κ1) is 22.0. The molecule has 0 aliphatic rings. The molecule has 0 saturated carbocycles. The van der Waals surface area contributed by atoms with Gasteiger partial charge in [-0.3, -0.25) is 9.10 Å². The molecule has 1 amide bonds. The Kier molecular flexibility index (Phi) is 6.88. The number of aryl methyl sites for hydroxylation is 4. The van der Waals surface area contributed by atoms with Crippen LogP contribution in [-0.4, -0.2) is 27.1 Å². The molecule has 0 radical (unpaired) electrons. The maximum absolute atomic E-state index is 12.8. The second-order valence-corrected chi connectivity index (χ2v) is 9.31. The predicted octanol–water partition coefficient (Wildman–Crippen LogP) is 3.95. The lowest BCUT2D eigenvalue weighted by Crippen LogP contribution is -2.42. The minimum Gasteiger partial charge on any atom is -0.348 e. The molecular weight excluding hydrogens is 372 g/mol. The van der Waals surface area contributed by atoms with Gasteiger partial charge < -0.3 is 5.32 Å². The van der Waals surface area contributed by atoms with E-state index in [2.05, 4.69) is 11.4 Å². The zero-order valence-corrected chi connectivity index (χ0v) is 18.4. The molecule has 0 saturated heterocycles. The molecule has 0 bridgehead atoms. The Morgan fingerprint density at radius 3 is 2.14 bits per heavy atom. The molecule has 28 heavy (non-hydrogen) atoms. The summed E-state index contributed by atoms with van der Waals surface area (Å²) in [6, 6.07) is 11.6. The molecule has 6 heteroatoms. The van der Waals surface area contributed by atoms with Crippen LogP contribution in [0.1, 0.15) is 47.2 Å². The van der Waals surface area contributed by atoms with Gasteiger partial charge >= 0.3 is 0 Å². The summed E-state index contributed by atoms with van der Waals surface area (Å²) >= 11 is 0. The van der Waals surface area contributed by atoms with E-state index in [1.165, 1.54) is 9.87 Å². The molecule has 0 aliphatic carbocycles. The van der Waals surface area contributed by atoms with E-state index >= 15 is 0 Å². The second kappa shape index (κ2) is 8.78. The van der Waals surface area contributed by atoms with E-state index in [-0.39, 0.29) is 18.5 Å². The van der Waals surface area contributed by atoms with E-state index in [0.29, 0.717) is 5.69 Å². The van der Waals surface area contributed by atoms with Crippen molar-refractivity contribution in [1.29, 1.82) is 0 Å². The van der Waals surface area contributed by atoms with Gasteiger partial charge in [0.2, 0.25) is 15.9 Å². The smallest absolute Gasteiger partial charge is 0.241 e. The van der Waals surface area contributed by atoms with Crippen LogP contribution in [0.2, 0.25) is 0 Å². The van der Waals surface area contributed by atoms with Crippen molar-refractivity contribution in [3.8, 4) is 0 Å². The summed E-state index contributed by atoms with van der Waals surface area (Å²) < 4.78 is 26.1. The first-order chi connectivity index (χ1) is 13.0. The Labute approximate surface area is 168 Å². The van der Waals surface area contributed by atoms with E-state index in [4.69, 9.17) is 0 Å². The van der Waals surface area contributed by atoms with Crippen molar-refractivity contribution in [3.63, 3.8) is 0 Å². The molecular formula is C22H30N2O3S. The van der Waals surface area contributed by atoms with Crippen molar-refractivity contribution in [1.82, 2.24) is 5.32 Å². The van der Waals surface area contributed by atoms with Crippen LogP contribution < -0.4 is 9.62 Å². The minimum atomic E-state index is -3.61. The molecule has 1 atom stereocenters. The molecule has 0 spiro atoms. The molecule has 0 heterocycles. The van der Waals surface area contributed by atoms with Crippen LogP contribution >= 0.6 is 0 Å². The van der Waals surface area contributed by atoms with Gasteiger partial charge in [-0.1, -0.05) is 48.9 Å². The van der Waals surface area contributed by atoms with Crippen LogP contribution in [0.5, 0.6) is 0 Å². The Hall–Kier alpha value is -2.34. The highest BCUT2D eigenvalue weighted by atomic mass is 32.2. The second-order valence-electron chi connectivity index (χ2n) is 7.40. The lowest BCUT2D eigenvalue weighted by molar-refractivity contribution is -0.120. The van der Waals surface area contributed by atoms with E-state index in [9.17, 15) is 13.2 Å². The van der Waals surface area contributed by atoms with Crippen molar-refractivity contribution >= 4 is 21.6 Å². The van der Waals surface area contributed by atoms with Gasteiger partial charge in [-0.2, -0.15) is 0 Å². The third kappa shape index (κ3) is 5.13. The van der Waals surface area contributed by atoms with Crippen molar-refractivity contribution in [2.45, 2.75) is 47.1 Å². The highest BCUT2D eigenvalue weighted by Gasteiger charge is 2.25. The summed E-state index contributed by atoms with van der Waals surface area (Å²) in [5, 5.41) is 3.01. The topological polar surface area (TPSA) is 66.5 Å². The van der Waals surface area contributed by atoms with Crippen molar-refractivity contribution in [3.05, 3.63) is 64.2 Å². The molecule has 152 valence electrons. The number of sulfonamides is 1. The summed E-state index contributed by atoms with van der Waals surface area (Å²) in [7, 11) is -3.61. The molecule has 2 aromatic rings. The summed E-state index contributed by atoms with van der Waals surface area (Å²) in [5.41, 5.74) is 5.54. The molecule has 2 aromatic carbocycles. The van der Waals surface area contributed by atoms with Gasteiger partial charge in [0.1, 0.15) is 6.54 Å². The SMILES string of the molecule is CC[C@H](NC(=O)CN(c1c(C)cccc1C)S(C)(=O)=O)c1ccc(C)cc1C. The predicted molar refractivity (Wildman–Crippen MR) is 115 cm³/mol. The molecule has 0 fully saturated rings. The third-order valence-corrected chi connectivity index (χ3v) is 6.03. The van der Waals surface area contributed by atoms with Crippen LogP contribution in [0.4, 0.5) is 5.69 Å². The van der Waals surface area contributed by atoms with E-state index in [1.807, 2.05) is 65.0 Å². The molecule has 1 N–H and O–H groups in total. The summed E-state index contributed by atoms with van der Waals surface area (Å²) in [4.78, 5) is 12.8. The fraction of sp³-hybridized carbons (Fsp3) is 0.409. The highest BCUT2D eigenvalue weighted by Crippen LogP contribution is 2.27. The van der Waals surface area contributed by atoms with Gasteiger partial charge in [0.05, 0.1) is 18.0 Å². The summed E-state index contributed by atoms with van der Waals surface area (Å²) in [5.74, 6) is -0.320. The van der Waals surface area contributed by atoms with Gasteiger partial charge in [-0.25, -0.2) is 8.42 Å². The monoisotopic (exact) mass is 402 g/mol. The quantitative estimate of drug-likeness (QED) is 0.762. The largest absolute Gasteiger partial charge is 0.348 e. The fourth-order valence-corrected chi connectivity index (χ4v) is 4.52. The third-order valence-electron chi connectivity index (χ3n) is 4.92. The lowest BCUT2D eigenvalue weighted by atomic mass is 9.97. The number of hydrogen-bond donors (Lipinski definition) is 1. The lowest BCUT2D eigenvalue weighted by Gasteiger charge is -2.27. The fourth-order valence-electron chi connectivity index (χ4n) is 3.55. The van der Waals surface area contributed by atoms with Gasteiger partial charge in [-0.05, 0) is 56.4 Å². The molecule has 5 nitrogen and oxygen atoms in total. The van der Waals surface area contributed by atoms with E-state index in [0.717, 1.165) is 34.9 Å². The zero-order chi connectivity index (χ0) is 21.1. The Morgan fingerprint density at radius 1 is 1.04 bits per heavy atom. The average molecular weight is 403 g/mol. The summed E-state index contributed by atoms with van der Waals surface area (Å²) in [6.07, 6.45) is 1.85. The first-order valence-electron chi connectivity index (χ1n) is 9.45. The number of rotatable bonds is 7. The number of nitrogens with one attached hydrogen (secondary N) is 1. The zero-order valence-electron chi connectivity index (χ0n) is 17.5. The number of para-hydroxylation sites is 1. The highest BCUT2D eigenvalue weighted by molar-refractivity contribution is 7.92. The van der Waals surface area contributed by atoms with Crippen LogP contribution in [-0.2, 0) is 14.8 Å². The van der Waals surface area contributed by atoms with Gasteiger partial charge in [0.25, 0.3) is 0 Å². The van der Waals surface area contributed by atoms with E-state index < -0.39 is 10.0 Å². The number of anilines is 1. The van der Waals surface area contributed by atoms with Gasteiger partial charge in [0, 0.05) is 0 Å². The molecule has 0 aliphatic heterocycles. The van der Waals surface area contributed by atoms with E-state index in [1.54, 1.807) is 0 Å². The Balaban J connectivity index is 2.29. The van der Waals surface area contributed by atoms with Crippen molar-refractivity contribution in [2.24, 2.45) is 0 Å². The number of benzene rings is 2. The number of hydrogen-bond acceptors (Lipinski definition) is 3. The maximum Gasteiger partial charge on any atom is 0.241 e. The Bertz CT molecular complexity index is 947. The number of carbonyl (C=O) groups is 1. The Morgan fingerprint density at radius 2 is 1.64 bits per heavy atom.